The minimum atomic E-state index is -0.0206. The largest absolute Gasteiger partial charge is 0.462 e. The van der Waals surface area contributed by atoms with E-state index in [0.717, 1.165) is 12.0 Å². The highest BCUT2D eigenvalue weighted by Crippen LogP contribution is 2.23. The maximum atomic E-state index is 5.87. The van der Waals surface area contributed by atoms with Crippen LogP contribution >= 0.6 is 0 Å². The van der Waals surface area contributed by atoms with Crippen LogP contribution in [0.5, 0.6) is 0 Å². The van der Waals surface area contributed by atoms with Gasteiger partial charge in [0.1, 0.15) is 6.61 Å². The average Bonchev–Trinajstić information content (AvgIpc) is 2.94. The van der Waals surface area contributed by atoms with E-state index in [1.54, 1.807) is 17.4 Å². The Morgan fingerprint density at radius 3 is 2.62 bits per heavy atom. The first-order valence-electron chi connectivity index (χ1n) is 6.99. The van der Waals surface area contributed by atoms with Gasteiger partial charge in [-0.1, -0.05) is 30.3 Å². The molecule has 108 valence electrons. The number of nitrogens with two attached hydrogens (primary N) is 1. The van der Waals surface area contributed by atoms with Gasteiger partial charge in [-0.05, 0) is 29.7 Å². The lowest BCUT2D eigenvalue weighted by Gasteiger charge is -2.16. The van der Waals surface area contributed by atoms with Crippen LogP contribution in [-0.4, -0.2) is 29.2 Å². The van der Waals surface area contributed by atoms with Crippen molar-refractivity contribution in [2.45, 2.75) is 12.5 Å². The minimum Gasteiger partial charge on any atom is -0.462 e. The van der Waals surface area contributed by atoms with Crippen LogP contribution in [0.3, 0.4) is 0 Å². The molecule has 0 spiro atoms. The van der Waals surface area contributed by atoms with Crippen molar-refractivity contribution in [1.82, 2.24) is 9.99 Å². The van der Waals surface area contributed by atoms with Gasteiger partial charge in [0.15, 0.2) is 0 Å². The molecule has 3 rings (SSSR count). The Morgan fingerprint density at radius 2 is 1.95 bits per heavy atom. The fourth-order valence-electron chi connectivity index (χ4n) is 2.31. The SMILES string of the molecule is NN1CCO/C1=N\[C@H](Cc1ccncc1)c1ccccc1. The highest BCUT2D eigenvalue weighted by molar-refractivity contribution is 5.75. The molecule has 21 heavy (non-hydrogen) atoms. The van der Waals surface area contributed by atoms with Crippen molar-refractivity contribution < 1.29 is 4.74 Å². The molecule has 1 aliphatic heterocycles. The van der Waals surface area contributed by atoms with Crippen LogP contribution in [0.2, 0.25) is 0 Å². The zero-order valence-electron chi connectivity index (χ0n) is 11.7. The quantitative estimate of drug-likeness (QED) is 0.870. The van der Waals surface area contributed by atoms with Crippen LogP contribution in [0.1, 0.15) is 17.2 Å². The molecule has 1 saturated heterocycles. The van der Waals surface area contributed by atoms with E-state index in [9.17, 15) is 0 Å². The number of hydrazine groups is 1. The molecule has 2 aromatic rings. The number of ether oxygens (including phenoxy) is 1. The van der Waals surface area contributed by atoms with Gasteiger partial charge in [0.2, 0.25) is 0 Å². The van der Waals surface area contributed by atoms with E-state index in [4.69, 9.17) is 15.6 Å². The van der Waals surface area contributed by atoms with Crippen LogP contribution in [-0.2, 0) is 11.2 Å². The van der Waals surface area contributed by atoms with Crippen molar-refractivity contribution in [1.29, 1.82) is 0 Å². The van der Waals surface area contributed by atoms with E-state index in [0.29, 0.717) is 19.2 Å². The number of aliphatic imine (C=N–C) groups is 1. The molecule has 1 atom stereocenters. The first-order valence-corrected chi connectivity index (χ1v) is 6.99. The fourth-order valence-corrected chi connectivity index (χ4v) is 2.31. The molecule has 0 amide bonds. The van der Waals surface area contributed by atoms with Crippen LogP contribution in [0.4, 0.5) is 0 Å². The Bertz CT molecular complexity index is 600. The molecular weight excluding hydrogens is 264 g/mol. The monoisotopic (exact) mass is 282 g/mol. The summed E-state index contributed by atoms with van der Waals surface area (Å²) >= 11 is 0. The van der Waals surface area contributed by atoms with E-state index in [1.165, 1.54) is 5.56 Å². The summed E-state index contributed by atoms with van der Waals surface area (Å²) in [6, 6.07) is 14.7. The highest BCUT2D eigenvalue weighted by atomic mass is 16.5. The summed E-state index contributed by atoms with van der Waals surface area (Å²) in [4.78, 5) is 8.75. The van der Waals surface area contributed by atoms with Gasteiger partial charge in [-0.3, -0.25) is 9.99 Å². The molecule has 1 aliphatic rings. The fraction of sp³-hybridized carbons (Fsp3) is 0.250. The lowest BCUT2D eigenvalue weighted by atomic mass is 10.0. The number of aromatic nitrogens is 1. The third kappa shape index (κ3) is 3.38. The summed E-state index contributed by atoms with van der Waals surface area (Å²) in [5, 5.41) is 1.56. The second kappa shape index (κ2) is 6.37. The Kier molecular flexibility index (Phi) is 4.12. The normalized spacial score (nSPS) is 17.8. The lowest BCUT2D eigenvalue weighted by Crippen LogP contribution is -2.33. The number of benzene rings is 1. The molecule has 0 unspecified atom stereocenters. The summed E-state index contributed by atoms with van der Waals surface area (Å²) in [6.07, 6.45) is 4.38. The zero-order chi connectivity index (χ0) is 14.5. The van der Waals surface area contributed by atoms with Crippen molar-refractivity contribution >= 4 is 6.02 Å². The molecule has 2 N–H and O–H groups in total. The summed E-state index contributed by atoms with van der Waals surface area (Å²) < 4.78 is 5.49. The number of amidine groups is 1. The Hall–Kier alpha value is -2.40. The Morgan fingerprint density at radius 1 is 1.19 bits per heavy atom. The smallest absolute Gasteiger partial charge is 0.302 e. The van der Waals surface area contributed by atoms with E-state index in [2.05, 4.69) is 17.1 Å². The molecule has 2 heterocycles. The van der Waals surface area contributed by atoms with Crippen LogP contribution < -0.4 is 5.84 Å². The van der Waals surface area contributed by atoms with Gasteiger partial charge in [-0.2, -0.15) is 0 Å². The molecule has 5 heteroatoms. The zero-order valence-corrected chi connectivity index (χ0v) is 11.7. The van der Waals surface area contributed by atoms with Crippen LogP contribution in [0, 0.1) is 0 Å². The number of pyridine rings is 1. The van der Waals surface area contributed by atoms with Crippen molar-refractivity contribution in [3.8, 4) is 0 Å². The number of nitrogens with zero attached hydrogens (tertiary/aromatic N) is 3. The van der Waals surface area contributed by atoms with Gasteiger partial charge in [-0.25, -0.2) is 10.8 Å². The highest BCUT2D eigenvalue weighted by Gasteiger charge is 2.20. The topological polar surface area (TPSA) is 63.7 Å². The predicted molar refractivity (Wildman–Crippen MR) is 81.4 cm³/mol. The van der Waals surface area contributed by atoms with Gasteiger partial charge in [0.25, 0.3) is 0 Å². The number of hydrogen-bond acceptors (Lipinski definition) is 4. The Labute approximate surface area is 124 Å². The molecule has 1 fully saturated rings. The van der Waals surface area contributed by atoms with Gasteiger partial charge >= 0.3 is 6.02 Å². The van der Waals surface area contributed by atoms with Crippen LogP contribution in [0.25, 0.3) is 0 Å². The Balaban J connectivity index is 1.88. The molecule has 1 aromatic carbocycles. The second-order valence-corrected chi connectivity index (χ2v) is 4.94. The number of rotatable bonds is 4. The molecule has 0 saturated carbocycles. The molecule has 0 bridgehead atoms. The van der Waals surface area contributed by atoms with Crippen molar-refractivity contribution in [3.05, 3.63) is 66.0 Å². The van der Waals surface area contributed by atoms with E-state index in [-0.39, 0.29) is 6.04 Å². The van der Waals surface area contributed by atoms with Crippen molar-refractivity contribution in [2.24, 2.45) is 10.8 Å². The minimum absolute atomic E-state index is 0.0206. The predicted octanol–water partition coefficient (Wildman–Crippen LogP) is 1.93. The molecule has 0 radical (unpaired) electrons. The maximum absolute atomic E-state index is 5.87. The van der Waals surface area contributed by atoms with E-state index >= 15 is 0 Å². The molecule has 0 aliphatic carbocycles. The van der Waals surface area contributed by atoms with Crippen LogP contribution in [0.15, 0.2) is 59.9 Å². The summed E-state index contributed by atoms with van der Waals surface area (Å²) in [6.45, 7) is 1.27. The standard InChI is InChI=1S/C16H18N4O/c17-20-10-11-21-16(20)19-15(14-4-2-1-3-5-14)12-13-6-8-18-9-7-13/h1-9,15H,10-12,17H2/b19-16-/t15-/m1/s1. The van der Waals surface area contributed by atoms with Crippen molar-refractivity contribution in [3.63, 3.8) is 0 Å². The van der Waals surface area contributed by atoms with E-state index in [1.807, 2.05) is 30.3 Å². The lowest BCUT2D eigenvalue weighted by molar-refractivity contribution is 0.347. The molecule has 1 aromatic heterocycles. The van der Waals surface area contributed by atoms with Gasteiger partial charge in [0.05, 0.1) is 12.6 Å². The summed E-state index contributed by atoms with van der Waals surface area (Å²) in [5.74, 6) is 5.87. The van der Waals surface area contributed by atoms with Gasteiger partial charge < -0.3 is 4.74 Å². The number of hydrogen-bond donors (Lipinski definition) is 1. The third-order valence-electron chi connectivity index (χ3n) is 3.44. The van der Waals surface area contributed by atoms with Gasteiger partial charge in [-0.15, -0.1) is 0 Å². The van der Waals surface area contributed by atoms with E-state index < -0.39 is 0 Å². The maximum Gasteiger partial charge on any atom is 0.302 e. The second-order valence-electron chi connectivity index (χ2n) is 4.94. The summed E-state index contributed by atoms with van der Waals surface area (Å²) in [7, 11) is 0. The average molecular weight is 282 g/mol. The third-order valence-corrected chi connectivity index (χ3v) is 3.44. The molecular formula is C16H18N4O. The van der Waals surface area contributed by atoms with Crippen molar-refractivity contribution in [2.75, 3.05) is 13.2 Å². The molecule has 5 nitrogen and oxygen atoms in total. The van der Waals surface area contributed by atoms with Gasteiger partial charge in [0, 0.05) is 12.4 Å². The first kappa shape index (κ1) is 13.6. The first-order chi connectivity index (χ1) is 10.3. The summed E-state index contributed by atoms with van der Waals surface area (Å²) in [5.41, 5.74) is 2.33.